The maximum atomic E-state index is 12.3. The molecular formula is C10H10N2O6S4. The van der Waals surface area contributed by atoms with Crippen LogP contribution in [0.25, 0.3) is 0 Å². The molecule has 0 saturated carbocycles. The lowest BCUT2D eigenvalue weighted by Gasteiger charge is -2.03. The molecule has 0 aliphatic rings. The second kappa shape index (κ2) is 5.40. The zero-order valence-electron chi connectivity index (χ0n) is 10.7. The lowest BCUT2D eigenvalue weighted by molar-refractivity contribution is 0.594. The number of thiophene rings is 1. The molecule has 0 amide bonds. The predicted octanol–water partition coefficient (Wildman–Crippen LogP) is -0.124. The minimum atomic E-state index is -3.99. The van der Waals surface area contributed by atoms with E-state index in [1.807, 2.05) is 0 Å². The van der Waals surface area contributed by atoms with Gasteiger partial charge in [-0.3, -0.25) is 0 Å². The van der Waals surface area contributed by atoms with Gasteiger partial charge in [0.2, 0.25) is 29.9 Å². The van der Waals surface area contributed by atoms with Crippen molar-refractivity contribution in [3.63, 3.8) is 0 Å². The topological polar surface area (TPSA) is 154 Å². The van der Waals surface area contributed by atoms with Crippen molar-refractivity contribution in [1.82, 2.24) is 0 Å². The number of benzene rings is 1. The molecule has 0 radical (unpaired) electrons. The predicted molar refractivity (Wildman–Crippen MR) is 79.0 cm³/mol. The van der Waals surface area contributed by atoms with Crippen LogP contribution < -0.4 is 10.3 Å². The second-order valence-corrected chi connectivity index (χ2v) is 10.7. The first-order chi connectivity index (χ1) is 9.92. The van der Waals surface area contributed by atoms with E-state index < -0.39 is 29.9 Å². The zero-order chi connectivity index (χ0) is 16.8. The molecule has 0 aliphatic heterocycles. The summed E-state index contributed by atoms with van der Waals surface area (Å²) in [5.74, 6) is 0. The summed E-state index contributed by atoms with van der Waals surface area (Å²) in [7, 11) is -11.9. The molecule has 8 nitrogen and oxygen atoms in total. The largest absolute Gasteiger partial charge is 0.247 e. The van der Waals surface area contributed by atoms with Gasteiger partial charge >= 0.3 is 0 Å². The molecule has 0 atom stereocenters. The minimum Gasteiger partial charge on any atom is -0.225 e. The Morgan fingerprint density at radius 3 is 1.50 bits per heavy atom. The average molecular weight is 382 g/mol. The Bertz CT molecular complexity index is 1020. The first kappa shape index (κ1) is 17.1. The van der Waals surface area contributed by atoms with Gasteiger partial charge in [-0.15, -0.1) is 11.3 Å². The molecule has 2 rings (SSSR count). The second-order valence-electron chi connectivity index (χ2n) is 4.14. The van der Waals surface area contributed by atoms with Gasteiger partial charge in [-0.25, -0.2) is 35.5 Å². The maximum absolute atomic E-state index is 12.3. The van der Waals surface area contributed by atoms with Crippen LogP contribution in [0.15, 0.2) is 54.6 Å². The number of sulfonamides is 2. The van der Waals surface area contributed by atoms with Crippen LogP contribution in [-0.2, 0) is 29.9 Å². The van der Waals surface area contributed by atoms with Crippen molar-refractivity contribution in [2.24, 2.45) is 10.3 Å². The highest BCUT2D eigenvalue weighted by Crippen LogP contribution is 2.29. The highest BCUT2D eigenvalue weighted by Gasteiger charge is 2.23. The molecule has 0 aliphatic carbocycles. The SMILES string of the molecule is NS(=O)(=O)c1ccc(S(=O)(=O)c2ccc(S(N)(=O)=O)s2)cc1. The molecular weight excluding hydrogens is 372 g/mol. The molecule has 1 aromatic heterocycles. The van der Waals surface area contributed by atoms with Crippen LogP contribution >= 0.6 is 11.3 Å². The monoisotopic (exact) mass is 382 g/mol. The van der Waals surface area contributed by atoms with E-state index in [0.717, 1.165) is 36.4 Å². The van der Waals surface area contributed by atoms with Gasteiger partial charge in [-0.05, 0) is 36.4 Å². The molecule has 0 saturated heterocycles. The summed E-state index contributed by atoms with van der Waals surface area (Å²) in [4.78, 5) is -0.425. The van der Waals surface area contributed by atoms with Crippen LogP contribution in [0.1, 0.15) is 0 Å². The number of primary sulfonamides is 2. The molecule has 1 heterocycles. The van der Waals surface area contributed by atoms with Gasteiger partial charge in [-0.2, -0.15) is 0 Å². The summed E-state index contributed by atoms with van der Waals surface area (Å²) >= 11 is 0.507. The summed E-state index contributed by atoms with van der Waals surface area (Å²) in [5, 5.41) is 9.85. The minimum absolute atomic E-state index is 0.192. The summed E-state index contributed by atoms with van der Waals surface area (Å²) < 4.78 is 68.8. The third-order valence-electron chi connectivity index (χ3n) is 2.56. The normalized spacial score (nSPS) is 13.2. The van der Waals surface area contributed by atoms with Crippen molar-refractivity contribution < 1.29 is 25.3 Å². The number of sulfone groups is 1. The number of rotatable bonds is 4. The van der Waals surface area contributed by atoms with Crippen molar-refractivity contribution >= 4 is 41.2 Å². The first-order valence-electron chi connectivity index (χ1n) is 5.43. The van der Waals surface area contributed by atoms with Gasteiger partial charge in [0.1, 0.15) is 8.42 Å². The molecule has 22 heavy (non-hydrogen) atoms. The molecule has 0 spiro atoms. The van der Waals surface area contributed by atoms with E-state index in [1.54, 1.807) is 0 Å². The van der Waals surface area contributed by atoms with Gasteiger partial charge < -0.3 is 0 Å². The Morgan fingerprint density at radius 1 is 0.636 bits per heavy atom. The summed E-state index contributed by atoms with van der Waals surface area (Å²) in [6.07, 6.45) is 0. The fourth-order valence-electron chi connectivity index (χ4n) is 1.53. The van der Waals surface area contributed by atoms with E-state index in [2.05, 4.69) is 0 Å². The quantitative estimate of drug-likeness (QED) is 0.751. The van der Waals surface area contributed by atoms with Crippen LogP contribution in [0.5, 0.6) is 0 Å². The Labute approximate surface area is 131 Å². The highest BCUT2D eigenvalue weighted by atomic mass is 32.3. The summed E-state index contributed by atoms with van der Waals surface area (Å²) in [6.45, 7) is 0. The van der Waals surface area contributed by atoms with E-state index in [1.165, 1.54) is 0 Å². The number of nitrogens with two attached hydrogens (primary N) is 2. The van der Waals surface area contributed by atoms with Crippen molar-refractivity contribution in [1.29, 1.82) is 0 Å². The first-order valence-corrected chi connectivity index (χ1v) is 10.8. The van der Waals surface area contributed by atoms with E-state index >= 15 is 0 Å². The van der Waals surface area contributed by atoms with E-state index in [4.69, 9.17) is 10.3 Å². The van der Waals surface area contributed by atoms with Crippen LogP contribution in [0.4, 0.5) is 0 Å². The molecule has 0 fully saturated rings. The van der Waals surface area contributed by atoms with Crippen molar-refractivity contribution in [2.75, 3.05) is 0 Å². The Hall–Kier alpha value is -1.31. The lowest BCUT2D eigenvalue weighted by atomic mass is 10.4. The van der Waals surface area contributed by atoms with Gasteiger partial charge in [0.15, 0.2) is 0 Å². The van der Waals surface area contributed by atoms with Crippen LogP contribution in [0.2, 0.25) is 0 Å². The molecule has 0 unspecified atom stereocenters. The number of hydrogen-bond donors (Lipinski definition) is 2. The summed E-state index contributed by atoms with van der Waals surface area (Å²) in [5.41, 5.74) is 0. The van der Waals surface area contributed by atoms with Gasteiger partial charge in [0, 0.05) is 0 Å². The highest BCUT2D eigenvalue weighted by molar-refractivity contribution is 7.95. The summed E-state index contributed by atoms with van der Waals surface area (Å²) in [6, 6.07) is 6.46. The van der Waals surface area contributed by atoms with E-state index in [-0.39, 0.29) is 18.2 Å². The fraction of sp³-hybridized carbons (Fsp3) is 0. The maximum Gasteiger partial charge on any atom is 0.247 e. The standard InChI is InChI=1S/C10H10N2O6S4/c11-21(15,16)8-3-1-7(2-4-8)20(13,14)9-5-6-10(19-9)22(12,17)18/h1-6H,(H2,11,15,16)(H2,12,17,18). The van der Waals surface area contributed by atoms with Gasteiger partial charge in [-0.1, -0.05) is 0 Å². The van der Waals surface area contributed by atoms with Gasteiger partial charge in [0.25, 0.3) is 0 Å². The molecule has 4 N–H and O–H groups in total. The smallest absolute Gasteiger partial charge is 0.225 e. The molecule has 12 heteroatoms. The zero-order valence-corrected chi connectivity index (χ0v) is 14.0. The third-order valence-corrected chi connectivity index (χ3v) is 8.28. The molecule has 2 aromatic rings. The molecule has 0 bridgehead atoms. The fourth-order valence-corrected chi connectivity index (χ4v) is 5.63. The Balaban J connectivity index is 2.49. The van der Waals surface area contributed by atoms with Crippen molar-refractivity contribution in [3.8, 4) is 0 Å². The van der Waals surface area contributed by atoms with Gasteiger partial charge in [0.05, 0.1) is 9.79 Å². The van der Waals surface area contributed by atoms with E-state index in [0.29, 0.717) is 11.3 Å². The lowest BCUT2D eigenvalue weighted by Crippen LogP contribution is -2.12. The average Bonchev–Trinajstić information content (AvgIpc) is 2.88. The molecule has 1 aromatic carbocycles. The van der Waals surface area contributed by atoms with Crippen molar-refractivity contribution in [2.45, 2.75) is 18.2 Å². The van der Waals surface area contributed by atoms with Crippen LogP contribution in [0.3, 0.4) is 0 Å². The van der Waals surface area contributed by atoms with Crippen molar-refractivity contribution in [3.05, 3.63) is 36.4 Å². The van der Waals surface area contributed by atoms with Crippen LogP contribution in [-0.4, -0.2) is 25.3 Å². The molecule has 120 valence electrons. The van der Waals surface area contributed by atoms with Crippen LogP contribution in [0, 0.1) is 0 Å². The number of hydrogen-bond acceptors (Lipinski definition) is 7. The Kier molecular flexibility index (Phi) is 4.18. The Morgan fingerprint density at radius 2 is 1.09 bits per heavy atom. The van der Waals surface area contributed by atoms with E-state index in [9.17, 15) is 25.3 Å². The third kappa shape index (κ3) is 3.37.